The van der Waals surface area contributed by atoms with E-state index in [9.17, 15) is 19.5 Å². The average Bonchev–Trinajstić information content (AvgIpc) is 3.65. The number of nitrogens with zero attached hydrogens (tertiary/aromatic N) is 2. The van der Waals surface area contributed by atoms with E-state index >= 15 is 4.39 Å². The van der Waals surface area contributed by atoms with Gasteiger partial charge in [-0.1, -0.05) is 24.4 Å². The topological polar surface area (TPSA) is 137 Å². The van der Waals surface area contributed by atoms with Crippen LogP contribution in [0, 0.1) is 11.7 Å². The van der Waals surface area contributed by atoms with E-state index in [2.05, 4.69) is 20.8 Å². The number of carbonyl (C=O) groups excluding carboxylic acids is 3. The fourth-order valence-electron chi connectivity index (χ4n) is 5.47. The van der Waals surface area contributed by atoms with E-state index in [-0.39, 0.29) is 40.2 Å². The first kappa shape index (κ1) is 24.5. The van der Waals surface area contributed by atoms with Gasteiger partial charge in [0, 0.05) is 12.1 Å². The second-order valence-electron chi connectivity index (χ2n) is 10.2. The van der Waals surface area contributed by atoms with E-state index in [0.717, 1.165) is 12.8 Å². The number of hydrogen-bond acceptors (Lipinski definition) is 6. The lowest BCUT2D eigenvalue weighted by Crippen LogP contribution is -2.57. The Hall–Kier alpha value is -3.86. The van der Waals surface area contributed by atoms with Crippen LogP contribution in [-0.4, -0.2) is 57.2 Å². The van der Waals surface area contributed by atoms with Crippen LogP contribution >= 0.6 is 11.6 Å². The Kier molecular flexibility index (Phi) is 5.90. The van der Waals surface area contributed by atoms with Gasteiger partial charge in [0.05, 0.1) is 33.7 Å². The van der Waals surface area contributed by atoms with Crippen LogP contribution in [0.3, 0.4) is 0 Å². The third-order valence-electron chi connectivity index (χ3n) is 7.52. The number of benzene rings is 2. The molecule has 1 aliphatic carbocycles. The molecule has 2 fully saturated rings. The normalized spacial score (nSPS) is 21.5. The zero-order valence-electron chi connectivity index (χ0n) is 20.2. The monoisotopic (exact) mass is 541 g/mol. The number of aromatic nitrogens is 2. The number of halogens is 2. The number of hydrogen-bond donors (Lipinski definition) is 4. The first-order valence-electron chi connectivity index (χ1n) is 12.5. The van der Waals surface area contributed by atoms with E-state index in [1.54, 1.807) is 12.1 Å². The van der Waals surface area contributed by atoms with Gasteiger partial charge in [-0.3, -0.25) is 20.0 Å². The number of piperidine rings is 1. The van der Waals surface area contributed by atoms with Crippen molar-refractivity contribution >= 4 is 46.1 Å². The number of carbonyl (C=O) groups is 3. The summed E-state index contributed by atoms with van der Waals surface area (Å²) >= 11 is 6.06. The van der Waals surface area contributed by atoms with Crippen molar-refractivity contribution in [1.82, 2.24) is 20.4 Å². The molecular weight excluding hydrogens is 517 g/mol. The van der Waals surface area contributed by atoms with Gasteiger partial charge in [-0.25, -0.2) is 9.18 Å². The fraction of sp³-hybridized carbons (Fsp3) is 0.385. The third kappa shape index (κ3) is 4.30. The van der Waals surface area contributed by atoms with Crippen LogP contribution in [0.15, 0.2) is 30.3 Å². The standard InChI is InChI=1S/C26H25ClFN5O5/c27-16-5-7-18-20(21(16)28)26(38-25(37)30-18)8-1-9-33(12-26)24(36)19(10-13-2-3-13)29-22(34)14-4-6-17-15(11-14)23(35)32-31-17/h4-7,11,13,19H,1-3,8-10,12H2,(H,29,34)(H,30,37)(H2,31,32,35)/t19-,26-/m0/s1. The first-order chi connectivity index (χ1) is 18.2. The van der Waals surface area contributed by atoms with E-state index in [1.165, 1.54) is 23.1 Å². The molecule has 12 heteroatoms. The number of likely N-dealkylation sites (tertiary alicyclic amines) is 1. The number of rotatable bonds is 5. The SMILES string of the molecule is O=C1Nc2ccc(Cl)c(F)c2[C@@]2(CCCN(C(=O)[C@H](CC3CC3)NC(=O)c3ccc4[nH]nc(O)c4c3)C2)O1. The van der Waals surface area contributed by atoms with Gasteiger partial charge in [0.2, 0.25) is 11.8 Å². The zero-order valence-corrected chi connectivity index (χ0v) is 21.0. The molecule has 1 saturated heterocycles. The minimum Gasteiger partial charge on any atom is -0.492 e. The van der Waals surface area contributed by atoms with Crippen molar-refractivity contribution in [2.24, 2.45) is 5.92 Å². The Morgan fingerprint density at radius 1 is 1.32 bits per heavy atom. The highest BCUT2D eigenvalue weighted by atomic mass is 35.5. The fourth-order valence-corrected chi connectivity index (χ4v) is 5.63. The number of aromatic hydroxyl groups is 1. The van der Waals surface area contributed by atoms with Gasteiger partial charge in [-0.15, -0.1) is 5.10 Å². The maximum absolute atomic E-state index is 15.2. The van der Waals surface area contributed by atoms with Gasteiger partial charge in [-0.05, 0) is 55.5 Å². The van der Waals surface area contributed by atoms with Gasteiger partial charge in [-0.2, -0.15) is 0 Å². The number of anilines is 1. The van der Waals surface area contributed by atoms with Crippen molar-refractivity contribution in [3.8, 4) is 5.88 Å². The first-order valence-corrected chi connectivity index (χ1v) is 12.9. The Balaban J connectivity index is 1.27. The lowest BCUT2D eigenvalue weighted by molar-refractivity contribution is -0.141. The molecule has 3 aliphatic rings. The molecule has 4 N–H and O–H groups in total. The summed E-state index contributed by atoms with van der Waals surface area (Å²) in [5, 5.41) is 22.0. The van der Waals surface area contributed by atoms with Gasteiger partial charge in [0.1, 0.15) is 6.04 Å². The smallest absolute Gasteiger partial charge is 0.412 e. The highest BCUT2D eigenvalue weighted by molar-refractivity contribution is 6.31. The van der Waals surface area contributed by atoms with E-state index < -0.39 is 29.5 Å². The molecule has 3 amide bonds. The minimum absolute atomic E-state index is 0.0601. The van der Waals surface area contributed by atoms with Crippen molar-refractivity contribution in [2.75, 3.05) is 18.4 Å². The predicted molar refractivity (Wildman–Crippen MR) is 135 cm³/mol. The Morgan fingerprint density at radius 3 is 2.92 bits per heavy atom. The maximum atomic E-state index is 15.2. The van der Waals surface area contributed by atoms with Crippen molar-refractivity contribution in [3.63, 3.8) is 0 Å². The molecule has 2 atom stereocenters. The molecule has 1 aromatic heterocycles. The predicted octanol–water partition coefficient (Wildman–Crippen LogP) is 4.04. The molecule has 198 valence electrons. The van der Waals surface area contributed by atoms with Gasteiger partial charge in [0.15, 0.2) is 11.4 Å². The van der Waals surface area contributed by atoms with Crippen LogP contribution in [0.4, 0.5) is 14.9 Å². The lowest BCUT2D eigenvalue weighted by Gasteiger charge is -2.45. The summed E-state index contributed by atoms with van der Waals surface area (Å²) in [6.45, 7) is 0.310. The summed E-state index contributed by atoms with van der Waals surface area (Å²) in [7, 11) is 0. The van der Waals surface area contributed by atoms with Gasteiger partial charge >= 0.3 is 6.09 Å². The summed E-state index contributed by atoms with van der Waals surface area (Å²) in [6, 6.07) is 6.79. The summed E-state index contributed by atoms with van der Waals surface area (Å²) in [4.78, 5) is 40.9. The molecular formula is C26H25ClFN5O5. The molecule has 0 bridgehead atoms. The largest absolute Gasteiger partial charge is 0.492 e. The zero-order chi connectivity index (χ0) is 26.6. The Labute approximate surface area is 221 Å². The van der Waals surface area contributed by atoms with Crippen LogP contribution in [0.2, 0.25) is 5.02 Å². The van der Waals surface area contributed by atoms with Crippen LogP contribution in [0.5, 0.6) is 5.88 Å². The van der Waals surface area contributed by atoms with Crippen molar-refractivity contribution in [1.29, 1.82) is 0 Å². The highest BCUT2D eigenvalue weighted by Crippen LogP contribution is 2.45. The molecule has 38 heavy (non-hydrogen) atoms. The number of fused-ring (bicyclic) bond motifs is 3. The number of nitrogens with one attached hydrogen (secondary N) is 3. The highest BCUT2D eigenvalue weighted by Gasteiger charge is 2.49. The summed E-state index contributed by atoms with van der Waals surface area (Å²) < 4.78 is 20.9. The van der Waals surface area contributed by atoms with E-state index in [4.69, 9.17) is 16.3 Å². The lowest BCUT2D eigenvalue weighted by atomic mass is 9.82. The van der Waals surface area contributed by atoms with Crippen molar-refractivity contribution in [3.05, 3.63) is 52.3 Å². The molecule has 2 aliphatic heterocycles. The Morgan fingerprint density at radius 2 is 2.13 bits per heavy atom. The summed E-state index contributed by atoms with van der Waals surface area (Å²) in [5.74, 6) is -1.39. The van der Waals surface area contributed by atoms with Gasteiger partial charge in [0.25, 0.3) is 5.91 Å². The number of aromatic amines is 1. The molecule has 1 saturated carbocycles. The molecule has 10 nitrogen and oxygen atoms in total. The van der Waals surface area contributed by atoms with Crippen LogP contribution in [-0.2, 0) is 15.1 Å². The van der Waals surface area contributed by atoms with Crippen molar-refractivity contribution < 1.29 is 28.6 Å². The molecule has 3 aromatic rings. The maximum Gasteiger partial charge on any atom is 0.412 e. The minimum atomic E-state index is -1.39. The van der Waals surface area contributed by atoms with E-state index in [1.807, 2.05) is 0 Å². The molecule has 0 unspecified atom stereocenters. The molecule has 6 rings (SSSR count). The number of amides is 3. The molecule has 2 aromatic carbocycles. The molecule has 1 spiro atoms. The van der Waals surface area contributed by atoms with E-state index in [0.29, 0.717) is 42.6 Å². The molecule has 0 radical (unpaired) electrons. The molecule has 3 heterocycles. The quantitative estimate of drug-likeness (QED) is 0.385. The number of H-pyrrole nitrogens is 1. The van der Waals surface area contributed by atoms with Gasteiger partial charge < -0.3 is 20.1 Å². The number of ether oxygens (including phenoxy) is 1. The average molecular weight is 542 g/mol. The third-order valence-corrected chi connectivity index (χ3v) is 7.81. The second-order valence-corrected chi connectivity index (χ2v) is 10.6. The summed E-state index contributed by atoms with van der Waals surface area (Å²) in [6.07, 6.45) is 2.46. The van der Waals surface area contributed by atoms with Crippen LogP contribution in [0.25, 0.3) is 10.9 Å². The van der Waals surface area contributed by atoms with Crippen molar-refractivity contribution in [2.45, 2.75) is 43.7 Å². The second kappa shape index (κ2) is 9.16. The Bertz CT molecular complexity index is 1470. The summed E-state index contributed by atoms with van der Waals surface area (Å²) in [5.41, 5.74) is -0.155. The van der Waals surface area contributed by atoms with Crippen LogP contribution < -0.4 is 10.6 Å². The van der Waals surface area contributed by atoms with Crippen LogP contribution in [0.1, 0.15) is 48.0 Å².